The summed E-state index contributed by atoms with van der Waals surface area (Å²) in [5.41, 5.74) is 0.771. The van der Waals surface area contributed by atoms with Gasteiger partial charge in [0.25, 0.3) is 0 Å². The van der Waals surface area contributed by atoms with Gasteiger partial charge in [0.15, 0.2) is 0 Å². The number of amides is 1. The predicted molar refractivity (Wildman–Crippen MR) is 81.9 cm³/mol. The summed E-state index contributed by atoms with van der Waals surface area (Å²) in [5.74, 6) is 1.13. The quantitative estimate of drug-likeness (QED) is 0.224. The van der Waals surface area contributed by atoms with Crippen molar-refractivity contribution in [3.8, 4) is 0 Å². The number of carbonyl (C=O) groups is 1. The van der Waals surface area contributed by atoms with Crippen LogP contribution in [0.4, 0.5) is 4.79 Å². The Kier molecular flexibility index (Phi) is 9.82. The van der Waals surface area contributed by atoms with E-state index >= 15 is 0 Å². The minimum atomic E-state index is -0.403. The Hall–Kier alpha value is -0.720. The van der Waals surface area contributed by atoms with Crippen LogP contribution in [-0.4, -0.2) is 30.3 Å². The highest BCUT2D eigenvalue weighted by molar-refractivity contribution is 14.1. The molecule has 1 atom stereocenters. The van der Waals surface area contributed by atoms with Gasteiger partial charge in [-0.15, -0.1) is 0 Å². The first-order chi connectivity index (χ1) is 8.47. The van der Waals surface area contributed by atoms with Crippen molar-refractivity contribution in [1.82, 2.24) is 5.32 Å². The van der Waals surface area contributed by atoms with Gasteiger partial charge < -0.3 is 14.8 Å². The van der Waals surface area contributed by atoms with Gasteiger partial charge in [-0.1, -0.05) is 42.7 Å². The molecule has 0 aromatic carbocycles. The van der Waals surface area contributed by atoms with Gasteiger partial charge >= 0.3 is 6.09 Å². The summed E-state index contributed by atoms with van der Waals surface area (Å²) in [4.78, 5) is 11.3. The van der Waals surface area contributed by atoms with E-state index in [1.54, 1.807) is 0 Å². The highest BCUT2D eigenvalue weighted by Gasteiger charge is 2.04. The third-order valence-electron chi connectivity index (χ3n) is 2.24. The van der Waals surface area contributed by atoms with Crippen molar-refractivity contribution in [1.29, 1.82) is 0 Å². The highest BCUT2D eigenvalue weighted by atomic mass is 127. The normalized spacial score (nSPS) is 11.5. The van der Waals surface area contributed by atoms with E-state index in [1.807, 2.05) is 6.92 Å². The Labute approximate surface area is 123 Å². The van der Waals surface area contributed by atoms with Gasteiger partial charge in [0.05, 0.1) is 0 Å². The lowest BCUT2D eigenvalue weighted by molar-refractivity contribution is 0.106. The standard InChI is InChI=1S/C13H22INO3/c1-10(2)12(4)17-7-8-18-13(16)15-6-5-11(3)9-14/h11H,1,4-9H2,2-3H3,(H,15,16). The summed E-state index contributed by atoms with van der Waals surface area (Å²) in [7, 11) is 0. The second kappa shape index (κ2) is 10.2. The predicted octanol–water partition coefficient (Wildman–Crippen LogP) is 3.28. The average Bonchev–Trinajstić information content (AvgIpc) is 2.33. The minimum Gasteiger partial charge on any atom is -0.490 e. The molecule has 0 aromatic heterocycles. The second-order valence-electron chi connectivity index (χ2n) is 4.16. The van der Waals surface area contributed by atoms with Gasteiger partial charge in [-0.3, -0.25) is 0 Å². The summed E-state index contributed by atoms with van der Waals surface area (Å²) in [6.45, 7) is 12.5. The molecule has 18 heavy (non-hydrogen) atoms. The van der Waals surface area contributed by atoms with Gasteiger partial charge in [0, 0.05) is 11.0 Å². The van der Waals surface area contributed by atoms with Crippen LogP contribution in [0.3, 0.4) is 0 Å². The van der Waals surface area contributed by atoms with E-state index in [2.05, 4.69) is 48.0 Å². The number of rotatable bonds is 9. The lowest BCUT2D eigenvalue weighted by atomic mass is 10.1. The minimum absolute atomic E-state index is 0.208. The van der Waals surface area contributed by atoms with Crippen LogP contribution >= 0.6 is 22.6 Å². The van der Waals surface area contributed by atoms with Gasteiger partial charge in [0.1, 0.15) is 19.0 Å². The maximum absolute atomic E-state index is 11.3. The first-order valence-electron chi connectivity index (χ1n) is 5.91. The number of allylic oxidation sites excluding steroid dienone is 1. The molecular weight excluding hydrogens is 345 g/mol. The van der Waals surface area contributed by atoms with Gasteiger partial charge in [-0.05, 0) is 24.8 Å². The molecule has 1 N–H and O–H groups in total. The molecule has 0 aromatic rings. The van der Waals surface area contributed by atoms with Crippen molar-refractivity contribution in [3.05, 3.63) is 24.5 Å². The highest BCUT2D eigenvalue weighted by Crippen LogP contribution is 2.05. The van der Waals surface area contributed by atoms with Gasteiger partial charge in [0.2, 0.25) is 0 Å². The SMILES string of the molecule is C=C(C)C(=C)OCCOC(=O)NCCC(C)CI. The number of carbonyl (C=O) groups excluding carboxylic acids is 1. The molecule has 1 unspecified atom stereocenters. The molecule has 5 heteroatoms. The summed E-state index contributed by atoms with van der Waals surface area (Å²) >= 11 is 2.33. The maximum Gasteiger partial charge on any atom is 0.407 e. The molecule has 0 bridgehead atoms. The fraction of sp³-hybridized carbons (Fsp3) is 0.615. The van der Waals surface area contributed by atoms with Crippen LogP contribution < -0.4 is 5.32 Å². The third kappa shape index (κ3) is 9.32. The summed E-state index contributed by atoms with van der Waals surface area (Å²) in [5, 5.41) is 2.70. The first kappa shape index (κ1) is 17.3. The van der Waals surface area contributed by atoms with Crippen LogP contribution in [0.1, 0.15) is 20.3 Å². The molecule has 0 aliphatic carbocycles. The molecule has 0 aliphatic rings. The van der Waals surface area contributed by atoms with E-state index in [4.69, 9.17) is 9.47 Å². The molecule has 0 fully saturated rings. The number of halogens is 1. The Balaban J connectivity index is 3.48. The molecule has 0 rings (SSSR count). The van der Waals surface area contributed by atoms with Crippen LogP contribution in [0.2, 0.25) is 0 Å². The topological polar surface area (TPSA) is 47.6 Å². The Morgan fingerprint density at radius 2 is 1.94 bits per heavy atom. The summed E-state index contributed by atoms with van der Waals surface area (Å²) in [6, 6.07) is 0. The van der Waals surface area contributed by atoms with Crippen molar-refractivity contribution < 1.29 is 14.3 Å². The zero-order valence-electron chi connectivity index (χ0n) is 11.1. The summed E-state index contributed by atoms with van der Waals surface area (Å²) < 4.78 is 11.2. The lowest BCUT2D eigenvalue weighted by Gasteiger charge is -2.11. The fourth-order valence-electron chi connectivity index (χ4n) is 0.971. The maximum atomic E-state index is 11.3. The number of ether oxygens (including phenoxy) is 2. The van der Waals surface area contributed by atoms with E-state index in [1.165, 1.54) is 0 Å². The van der Waals surface area contributed by atoms with E-state index in [0.29, 0.717) is 24.8 Å². The van der Waals surface area contributed by atoms with Crippen molar-refractivity contribution in [2.45, 2.75) is 20.3 Å². The lowest BCUT2D eigenvalue weighted by Crippen LogP contribution is -2.27. The molecule has 0 spiro atoms. The zero-order valence-corrected chi connectivity index (χ0v) is 13.3. The second-order valence-corrected chi connectivity index (χ2v) is 5.04. The molecule has 0 radical (unpaired) electrons. The Morgan fingerprint density at radius 3 is 2.50 bits per heavy atom. The molecular formula is C13H22INO3. The summed E-state index contributed by atoms with van der Waals surface area (Å²) in [6.07, 6.45) is 0.557. The number of nitrogens with one attached hydrogen (secondary N) is 1. The molecule has 0 aliphatic heterocycles. The van der Waals surface area contributed by atoms with Crippen LogP contribution in [0, 0.1) is 5.92 Å². The first-order valence-corrected chi connectivity index (χ1v) is 7.44. The smallest absolute Gasteiger partial charge is 0.407 e. The van der Waals surface area contributed by atoms with Crippen LogP contribution in [0.25, 0.3) is 0 Å². The zero-order chi connectivity index (χ0) is 14.0. The Morgan fingerprint density at radius 1 is 1.33 bits per heavy atom. The van der Waals surface area contributed by atoms with Gasteiger partial charge in [-0.2, -0.15) is 0 Å². The molecule has 4 nitrogen and oxygen atoms in total. The average molecular weight is 367 g/mol. The molecule has 0 saturated heterocycles. The number of alkyl halides is 1. The van der Waals surface area contributed by atoms with E-state index < -0.39 is 6.09 Å². The van der Waals surface area contributed by atoms with Crippen molar-refractivity contribution in [3.63, 3.8) is 0 Å². The largest absolute Gasteiger partial charge is 0.490 e. The molecule has 1 amide bonds. The van der Waals surface area contributed by atoms with Crippen LogP contribution in [-0.2, 0) is 9.47 Å². The molecule has 0 heterocycles. The number of alkyl carbamates (subject to hydrolysis) is 1. The van der Waals surface area contributed by atoms with Gasteiger partial charge in [-0.25, -0.2) is 4.79 Å². The Bertz CT molecular complexity index is 292. The fourth-order valence-corrected chi connectivity index (χ4v) is 1.41. The molecule has 0 saturated carbocycles. The van der Waals surface area contributed by atoms with Crippen molar-refractivity contribution in [2.75, 3.05) is 24.2 Å². The number of hydrogen-bond acceptors (Lipinski definition) is 3. The third-order valence-corrected chi connectivity index (χ3v) is 3.74. The molecule has 104 valence electrons. The van der Waals surface area contributed by atoms with Crippen molar-refractivity contribution in [2.24, 2.45) is 5.92 Å². The number of hydrogen-bond donors (Lipinski definition) is 1. The van der Waals surface area contributed by atoms with Crippen LogP contribution in [0.5, 0.6) is 0 Å². The van der Waals surface area contributed by atoms with Crippen molar-refractivity contribution >= 4 is 28.7 Å². The monoisotopic (exact) mass is 367 g/mol. The van der Waals surface area contributed by atoms with Crippen LogP contribution in [0.15, 0.2) is 24.5 Å². The van der Waals surface area contributed by atoms with E-state index in [-0.39, 0.29) is 6.61 Å². The van der Waals surface area contributed by atoms with E-state index in [0.717, 1.165) is 16.4 Å². The van der Waals surface area contributed by atoms with E-state index in [9.17, 15) is 4.79 Å².